The van der Waals surface area contributed by atoms with Gasteiger partial charge in [0.15, 0.2) is 0 Å². The lowest BCUT2D eigenvalue weighted by molar-refractivity contribution is -0.127. The zero-order chi connectivity index (χ0) is 8.97. The molecule has 0 aliphatic carbocycles. The van der Waals surface area contributed by atoms with Gasteiger partial charge >= 0.3 is 0 Å². The fourth-order valence-corrected chi connectivity index (χ4v) is 1.45. The maximum atomic E-state index is 11.3. The maximum absolute atomic E-state index is 11.3. The highest BCUT2D eigenvalue weighted by atomic mass is 16.2. The molecule has 66 valence electrons. The summed E-state index contributed by atoms with van der Waals surface area (Å²) in [7, 11) is 0. The highest BCUT2D eigenvalue weighted by molar-refractivity contribution is 5.79. The summed E-state index contributed by atoms with van der Waals surface area (Å²) in [6.07, 6.45) is 8.03. The molecule has 1 aliphatic rings. The lowest BCUT2D eigenvalue weighted by Crippen LogP contribution is -2.26. The fourth-order valence-electron chi connectivity index (χ4n) is 1.45. The summed E-state index contributed by atoms with van der Waals surface area (Å²) in [5.74, 6) is 3.03. The van der Waals surface area contributed by atoms with Gasteiger partial charge in [0.2, 0.25) is 5.91 Å². The SMILES string of the molecule is C#CC1CC(=O)N(CCCC)C1. The van der Waals surface area contributed by atoms with Crippen molar-refractivity contribution >= 4 is 5.91 Å². The monoisotopic (exact) mass is 165 g/mol. The van der Waals surface area contributed by atoms with Crippen LogP contribution in [0.2, 0.25) is 0 Å². The van der Waals surface area contributed by atoms with Crippen LogP contribution in [0, 0.1) is 18.3 Å². The van der Waals surface area contributed by atoms with Gasteiger partial charge in [-0.15, -0.1) is 12.3 Å². The topological polar surface area (TPSA) is 20.3 Å². The second kappa shape index (κ2) is 4.15. The third-order valence-electron chi connectivity index (χ3n) is 2.23. The van der Waals surface area contributed by atoms with Gasteiger partial charge in [0.05, 0.1) is 0 Å². The first-order valence-corrected chi connectivity index (χ1v) is 4.51. The van der Waals surface area contributed by atoms with Crippen molar-refractivity contribution in [3.05, 3.63) is 0 Å². The molecule has 1 rings (SSSR count). The van der Waals surface area contributed by atoms with Crippen molar-refractivity contribution in [3.63, 3.8) is 0 Å². The van der Waals surface area contributed by atoms with Crippen LogP contribution in [0.15, 0.2) is 0 Å². The van der Waals surface area contributed by atoms with E-state index in [9.17, 15) is 4.79 Å². The molecule has 1 amide bonds. The molecule has 2 nitrogen and oxygen atoms in total. The Bertz CT molecular complexity index is 204. The van der Waals surface area contributed by atoms with Crippen LogP contribution in [0.5, 0.6) is 0 Å². The number of hydrogen-bond acceptors (Lipinski definition) is 1. The second-order valence-corrected chi connectivity index (χ2v) is 3.26. The number of terminal acetylenes is 1. The number of likely N-dealkylation sites (tertiary alicyclic amines) is 1. The zero-order valence-electron chi connectivity index (χ0n) is 7.55. The van der Waals surface area contributed by atoms with Gasteiger partial charge in [-0.25, -0.2) is 0 Å². The van der Waals surface area contributed by atoms with Crippen molar-refractivity contribution in [2.75, 3.05) is 13.1 Å². The average molecular weight is 165 g/mol. The minimum Gasteiger partial charge on any atom is -0.341 e. The van der Waals surface area contributed by atoms with E-state index in [1.54, 1.807) is 0 Å². The lowest BCUT2D eigenvalue weighted by atomic mass is 10.1. The summed E-state index contributed by atoms with van der Waals surface area (Å²) in [4.78, 5) is 13.2. The van der Waals surface area contributed by atoms with E-state index in [1.165, 1.54) is 0 Å². The van der Waals surface area contributed by atoms with Crippen LogP contribution in [-0.4, -0.2) is 23.9 Å². The van der Waals surface area contributed by atoms with E-state index in [4.69, 9.17) is 6.42 Å². The van der Waals surface area contributed by atoms with E-state index in [0.717, 1.165) is 25.9 Å². The van der Waals surface area contributed by atoms with Gasteiger partial charge < -0.3 is 4.90 Å². The molecule has 1 aliphatic heterocycles. The van der Waals surface area contributed by atoms with Crippen LogP contribution >= 0.6 is 0 Å². The smallest absolute Gasteiger partial charge is 0.223 e. The Morgan fingerprint density at radius 1 is 1.75 bits per heavy atom. The van der Waals surface area contributed by atoms with Gasteiger partial charge in [-0.2, -0.15) is 0 Å². The van der Waals surface area contributed by atoms with Crippen LogP contribution in [0.4, 0.5) is 0 Å². The summed E-state index contributed by atoms with van der Waals surface area (Å²) in [6, 6.07) is 0. The van der Waals surface area contributed by atoms with Crippen molar-refractivity contribution in [2.24, 2.45) is 5.92 Å². The average Bonchev–Trinajstić information content (AvgIpc) is 2.43. The molecule has 0 aromatic heterocycles. The fraction of sp³-hybridized carbons (Fsp3) is 0.700. The van der Waals surface area contributed by atoms with Crippen molar-refractivity contribution in [3.8, 4) is 12.3 Å². The van der Waals surface area contributed by atoms with Gasteiger partial charge in [0, 0.05) is 25.4 Å². The second-order valence-electron chi connectivity index (χ2n) is 3.26. The molecule has 1 fully saturated rings. The van der Waals surface area contributed by atoms with Gasteiger partial charge in [-0.3, -0.25) is 4.79 Å². The van der Waals surface area contributed by atoms with Crippen molar-refractivity contribution in [1.82, 2.24) is 4.90 Å². The Morgan fingerprint density at radius 2 is 2.50 bits per heavy atom. The lowest BCUT2D eigenvalue weighted by Gasteiger charge is -2.14. The molecule has 0 saturated carbocycles. The van der Waals surface area contributed by atoms with E-state index in [0.29, 0.717) is 6.42 Å². The van der Waals surface area contributed by atoms with E-state index < -0.39 is 0 Å². The highest BCUT2D eigenvalue weighted by Gasteiger charge is 2.27. The Labute approximate surface area is 73.9 Å². The number of hydrogen-bond donors (Lipinski definition) is 0. The van der Waals surface area contributed by atoms with E-state index in [1.807, 2.05) is 4.90 Å². The first-order valence-electron chi connectivity index (χ1n) is 4.51. The Balaban J connectivity index is 2.37. The van der Waals surface area contributed by atoms with Crippen LogP contribution in [0.3, 0.4) is 0 Å². The number of carbonyl (C=O) groups is 1. The molecule has 1 saturated heterocycles. The van der Waals surface area contributed by atoms with E-state index in [2.05, 4.69) is 12.8 Å². The molecular weight excluding hydrogens is 150 g/mol. The number of rotatable bonds is 3. The molecule has 0 N–H and O–H groups in total. The molecular formula is C10H15NO. The van der Waals surface area contributed by atoms with Crippen molar-refractivity contribution in [1.29, 1.82) is 0 Å². The van der Waals surface area contributed by atoms with E-state index in [-0.39, 0.29) is 11.8 Å². The molecule has 1 heterocycles. The molecule has 1 atom stereocenters. The van der Waals surface area contributed by atoms with Gasteiger partial charge in [-0.1, -0.05) is 13.3 Å². The number of carbonyl (C=O) groups excluding carboxylic acids is 1. The minimum absolute atomic E-state index is 0.161. The van der Waals surface area contributed by atoms with Crippen molar-refractivity contribution in [2.45, 2.75) is 26.2 Å². The molecule has 0 aromatic carbocycles. The summed E-state index contributed by atoms with van der Waals surface area (Å²) >= 11 is 0. The van der Waals surface area contributed by atoms with Crippen molar-refractivity contribution < 1.29 is 4.79 Å². The predicted octanol–water partition coefficient (Wildman–Crippen LogP) is 1.27. The Morgan fingerprint density at radius 3 is 3.00 bits per heavy atom. The van der Waals surface area contributed by atoms with Crippen LogP contribution in [0.25, 0.3) is 0 Å². The predicted molar refractivity (Wildman–Crippen MR) is 48.4 cm³/mol. The molecule has 2 heteroatoms. The van der Waals surface area contributed by atoms with E-state index >= 15 is 0 Å². The number of nitrogens with zero attached hydrogens (tertiary/aromatic N) is 1. The first-order chi connectivity index (χ1) is 5.77. The standard InChI is InChI=1S/C10H15NO/c1-3-5-6-11-8-9(4-2)7-10(11)12/h2,9H,3,5-8H2,1H3. The number of unbranched alkanes of at least 4 members (excludes halogenated alkanes) is 1. The van der Waals surface area contributed by atoms with Gasteiger partial charge in [0.25, 0.3) is 0 Å². The largest absolute Gasteiger partial charge is 0.341 e. The molecule has 0 bridgehead atoms. The zero-order valence-corrected chi connectivity index (χ0v) is 7.55. The quantitative estimate of drug-likeness (QED) is 0.577. The van der Waals surface area contributed by atoms with Gasteiger partial charge in [0.1, 0.15) is 0 Å². The molecule has 0 aromatic rings. The summed E-state index contributed by atoms with van der Waals surface area (Å²) in [5.41, 5.74) is 0. The third kappa shape index (κ3) is 2.01. The highest BCUT2D eigenvalue weighted by Crippen LogP contribution is 2.16. The van der Waals surface area contributed by atoms with Gasteiger partial charge in [-0.05, 0) is 6.42 Å². The summed E-state index contributed by atoms with van der Waals surface area (Å²) < 4.78 is 0. The molecule has 12 heavy (non-hydrogen) atoms. The third-order valence-corrected chi connectivity index (χ3v) is 2.23. The minimum atomic E-state index is 0.161. The normalized spacial score (nSPS) is 22.8. The molecule has 0 radical (unpaired) electrons. The Hall–Kier alpha value is -0.970. The Kier molecular flexibility index (Phi) is 3.16. The summed E-state index contributed by atoms with van der Waals surface area (Å²) in [5, 5.41) is 0. The number of amides is 1. The first kappa shape index (κ1) is 9.12. The van der Waals surface area contributed by atoms with Crippen LogP contribution < -0.4 is 0 Å². The van der Waals surface area contributed by atoms with Crippen LogP contribution in [0.1, 0.15) is 26.2 Å². The van der Waals surface area contributed by atoms with Crippen LogP contribution in [-0.2, 0) is 4.79 Å². The maximum Gasteiger partial charge on any atom is 0.223 e. The molecule has 1 unspecified atom stereocenters. The molecule has 0 spiro atoms. The summed E-state index contributed by atoms with van der Waals surface area (Å²) in [6.45, 7) is 3.78.